The topological polar surface area (TPSA) is 64.1 Å². The lowest BCUT2D eigenvalue weighted by atomic mass is 10.4. The molecular weight excluding hydrogens is 282 g/mol. The number of hydrogen-bond acceptors (Lipinski definition) is 4. The third-order valence-corrected chi connectivity index (χ3v) is 2.89. The van der Waals surface area contributed by atoms with Gasteiger partial charge in [0.25, 0.3) is 0 Å². The van der Waals surface area contributed by atoms with Crippen LogP contribution in [0, 0.1) is 0 Å². The second-order valence-corrected chi connectivity index (χ2v) is 4.97. The molecule has 0 aromatic carbocycles. The quantitative estimate of drug-likeness (QED) is 0.274. The van der Waals surface area contributed by atoms with E-state index in [0.29, 0.717) is 13.2 Å². The number of hydrogen-bond donors (Lipinski definition) is 2. The van der Waals surface area contributed by atoms with Crippen molar-refractivity contribution >= 4 is 5.96 Å². The van der Waals surface area contributed by atoms with Crippen molar-refractivity contribution in [2.45, 2.75) is 39.5 Å². The first kappa shape index (κ1) is 21.1. The van der Waals surface area contributed by atoms with Gasteiger partial charge >= 0.3 is 0 Å². The second kappa shape index (κ2) is 18.2. The molecule has 0 aromatic rings. The molecule has 2 N–H and O–H groups in total. The SMILES string of the molecule is CCCCOCCCN=C(NCC)NCCCOCCOC. The highest BCUT2D eigenvalue weighted by atomic mass is 16.5. The molecule has 0 aliphatic heterocycles. The van der Waals surface area contributed by atoms with Crippen LogP contribution in [-0.4, -0.2) is 65.7 Å². The van der Waals surface area contributed by atoms with Crippen LogP contribution in [0.4, 0.5) is 0 Å². The highest BCUT2D eigenvalue weighted by Crippen LogP contribution is 1.90. The summed E-state index contributed by atoms with van der Waals surface area (Å²) in [4.78, 5) is 4.53. The zero-order chi connectivity index (χ0) is 16.3. The van der Waals surface area contributed by atoms with Crippen LogP contribution >= 0.6 is 0 Å². The molecule has 0 unspecified atom stereocenters. The van der Waals surface area contributed by atoms with Gasteiger partial charge in [0.1, 0.15) is 0 Å². The number of aliphatic imine (C=N–C) groups is 1. The number of nitrogens with one attached hydrogen (secondary N) is 2. The van der Waals surface area contributed by atoms with Crippen LogP contribution in [0.5, 0.6) is 0 Å². The molecule has 0 aliphatic rings. The van der Waals surface area contributed by atoms with Gasteiger partial charge in [0, 0.05) is 46.6 Å². The Labute approximate surface area is 136 Å². The van der Waals surface area contributed by atoms with E-state index in [2.05, 4.69) is 29.5 Å². The van der Waals surface area contributed by atoms with E-state index in [9.17, 15) is 0 Å². The predicted octanol–water partition coefficient (Wildman–Crippen LogP) is 1.80. The summed E-state index contributed by atoms with van der Waals surface area (Å²) in [6.45, 7) is 10.4. The first-order valence-electron chi connectivity index (χ1n) is 8.51. The molecular formula is C16H35N3O3. The van der Waals surface area contributed by atoms with Gasteiger partial charge in [0.05, 0.1) is 13.2 Å². The fourth-order valence-electron chi connectivity index (χ4n) is 1.67. The van der Waals surface area contributed by atoms with Crippen molar-refractivity contribution in [2.75, 3.05) is 59.8 Å². The molecule has 0 saturated heterocycles. The Balaban J connectivity index is 3.59. The molecule has 0 rings (SSSR count). The summed E-state index contributed by atoms with van der Waals surface area (Å²) < 4.78 is 15.9. The maximum Gasteiger partial charge on any atom is 0.191 e. The smallest absolute Gasteiger partial charge is 0.191 e. The first-order valence-corrected chi connectivity index (χ1v) is 8.51. The van der Waals surface area contributed by atoms with Gasteiger partial charge in [-0.05, 0) is 26.2 Å². The fraction of sp³-hybridized carbons (Fsp3) is 0.938. The van der Waals surface area contributed by atoms with Crippen molar-refractivity contribution < 1.29 is 14.2 Å². The molecule has 0 saturated carbocycles. The number of nitrogens with zero attached hydrogens (tertiary/aromatic N) is 1. The van der Waals surface area contributed by atoms with E-state index in [1.165, 1.54) is 6.42 Å². The van der Waals surface area contributed by atoms with Crippen LogP contribution in [0.1, 0.15) is 39.5 Å². The van der Waals surface area contributed by atoms with Crippen LogP contribution < -0.4 is 10.6 Å². The van der Waals surface area contributed by atoms with Gasteiger partial charge in [-0.25, -0.2) is 0 Å². The molecule has 0 atom stereocenters. The molecule has 0 fully saturated rings. The molecule has 22 heavy (non-hydrogen) atoms. The third kappa shape index (κ3) is 15.5. The number of ether oxygens (including phenoxy) is 3. The molecule has 132 valence electrons. The maximum absolute atomic E-state index is 5.52. The average Bonchev–Trinajstić information content (AvgIpc) is 2.53. The molecule has 0 aromatic heterocycles. The van der Waals surface area contributed by atoms with E-state index >= 15 is 0 Å². The minimum atomic E-state index is 0.651. The molecule has 0 radical (unpaired) electrons. The van der Waals surface area contributed by atoms with Gasteiger partial charge in [-0.3, -0.25) is 4.99 Å². The van der Waals surface area contributed by atoms with E-state index in [1.54, 1.807) is 7.11 Å². The second-order valence-electron chi connectivity index (χ2n) is 4.97. The minimum absolute atomic E-state index is 0.651. The van der Waals surface area contributed by atoms with Crippen molar-refractivity contribution in [3.05, 3.63) is 0 Å². The number of unbranched alkanes of at least 4 members (excludes halogenated alkanes) is 1. The van der Waals surface area contributed by atoms with E-state index in [1.807, 2.05) is 0 Å². The molecule has 0 amide bonds. The van der Waals surface area contributed by atoms with Crippen molar-refractivity contribution in [3.63, 3.8) is 0 Å². The van der Waals surface area contributed by atoms with Crippen molar-refractivity contribution in [2.24, 2.45) is 4.99 Å². The van der Waals surface area contributed by atoms with Gasteiger partial charge in [-0.15, -0.1) is 0 Å². The normalized spacial score (nSPS) is 11.7. The number of methoxy groups -OCH3 is 1. The predicted molar refractivity (Wildman–Crippen MR) is 91.6 cm³/mol. The van der Waals surface area contributed by atoms with Crippen LogP contribution in [0.15, 0.2) is 4.99 Å². The van der Waals surface area contributed by atoms with Crippen molar-refractivity contribution in [1.82, 2.24) is 10.6 Å². The average molecular weight is 317 g/mol. The minimum Gasteiger partial charge on any atom is -0.382 e. The van der Waals surface area contributed by atoms with Gasteiger partial charge < -0.3 is 24.8 Å². The number of rotatable bonds is 15. The lowest BCUT2D eigenvalue weighted by Crippen LogP contribution is -2.38. The summed E-state index contributed by atoms with van der Waals surface area (Å²) in [5, 5.41) is 6.55. The summed E-state index contributed by atoms with van der Waals surface area (Å²) >= 11 is 0. The zero-order valence-corrected chi connectivity index (χ0v) is 14.7. The van der Waals surface area contributed by atoms with Gasteiger partial charge in [0.15, 0.2) is 5.96 Å². The summed E-state index contributed by atoms with van der Waals surface area (Å²) in [5.41, 5.74) is 0. The molecule has 0 heterocycles. The fourth-order valence-corrected chi connectivity index (χ4v) is 1.67. The van der Waals surface area contributed by atoms with Crippen molar-refractivity contribution in [1.29, 1.82) is 0 Å². The lowest BCUT2D eigenvalue weighted by Gasteiger charge is -2.11. The maximum atomic E-state index is 5.52. The molecule has 0 spiro atoms. The Morgan fingerprint density at radius 3 is 2.32 bits per heavy atom. The summed E-state index contributed by atoms with van der Waals surface area (Å²) in [7, 11) is 1.68. The Kier molecular flexibility index (Phi) is 17.5. The highest BCUT2D eigenvalue weighted by molar-refractivity contribution is 5.79. The Hall–Kier alpha value is -0.850. The third-order valence-electron chi connectivity index (χ3n) is 2.89. The Morgan fingerprint density at radius 1 is 0.864 bits per heavy atom. The standard InChI is InChI=1S/C16H35N3O3/c1-4-6-11-21-12-7-9-18-16(17-5-2)19-10-8-13-22-15-14-20-3/h4-15H2,1-3H3,(H2,17,18,19). The first-order chi connectivity index (χ1) is 10.8. The van der Waals surface area contributed by atoms with E-state index in [0.717, 1.165) is 64.7 Å². The van der Waals surface area contributed by atoms with Crippen molar-refractivity contribution in [3.8, 4) is 0 Å². The monoisotopic (exact) mass is 317 g/mol. The van der Waals surface area contributed by atoms with Gasteiger partial charge in [0.2, 0.25) is 0 Å². The summed E-state index contributed by atoms with van der Waals surface area (Å²) in [6, 6.07) is 0. The summed E-state index contributed by atoms with van der Waals surface area (Å²) in [6.07, 6.45) is 4.23. The Morgan fingerprint density at radius 2 is 1.59 bits per heavy atom. The van der Waals surface area contributed by atoms with E-state index < -0.39 is 0 Å². The molecule has 0 bridgehead atoms. The van der Waals surface area contributed by atoms with E-state index in [4.69, 9.17) is 14.2 Å². The zero-order valence-electron chi connectivity index (χ0n) is 14.7. The van der Waals surface area contributed by atoms with Crippen LogP contribution in [0.2, 0.25) is 0 Å². The van der Waals surface area contributed by atoms with Crippen LogP contribution in [0.25, 0.3) is 0 Å². The van der Waals surface area contributed by atoms with Crippen LogP contribution in [-0.2, 0) is 14.2 Å². The van der Waals surface area contributed by atoms with E-state index in [-0.39, 0.29) is 0 Å². The highest BCUT2D eigenvalue weighted by Gasteiger charge is 1.97. The molecule has 0 aliphatic carbocycles. The molecule has 6 nitrogen and oxygen atoms in total. The number of guanidine groups is 1. The Bertz CT molecular complexity index is 251. The lowest BCUT2D eigenvalue weighted by molar-refractivity contribution is 0.0698. The van der Waals surface area contributed by atoms with Crippen LogP contribution in [0.3, 0.4) is 0 Å². The largest absolute Gasteiger partial charge is 0.382 e. The van der Waals surface area contributed by atoms with Gasteiger partial charge in [-0.1, -0.05) is 13.3 Å². The van der Waals surface area contributed by atoms with Gasteiger partial charge in [-0.2, -0.15) is 0 Å². The summed E-state index contributed by atoms with van der Waals surface area (Å²) in [5.74, 6) is 0.868. The molecule has 6 heteroatoms.